The van der Waals surface area contributed by atoms with Crippen LogP contribution in [0.15, 0.2) is 57.2 Å². The SMILES string of the molecule is COc1cc(/C=N\NC(=O)CSc2nc(C)cc(C)n2)cc(I)c1OCc1ccc(Br)cc1. The van der Waals surface area contributed by atoms with Crippen LogP contribution in [-0.4, -0.2) is 35.0 Å². The molecule has 33 heavy (non-hydrogen) atoms. The molecule has 1 amide bonds. The highest BCUT2D eigenvalue weighted by Gasteiger charge is 2.12. The van der Waals surface area contributed by atoms with Gasteiger partial charge in [0, 0.05) is 15.9 Å². The van der Waals surface area contributed by atoms with E-state index in [1.165, 1.54) is 11.8 Å². The van der Waals surface area contributed by atoms with Crippen LogP contribution in [0.5, 0.6) is 11.5 Å². The van der Waals surface area contributed by atoms with Crippen molar-refractivity contribution in [3.05, 3.63) is 73.0 Å². The predicted octanol–water partition coefficient (Wildman–Crippen LogP) is 5.29. The van der Waals surface area contributed by atoms with E-state index in [1.54, 1.807) is 13.3 Å². The molecule has 3 rings (SSSR count). The van der Waals surface area contributed by atoms with Gasteiger partial charge in [0.1, 0.15) is 6.61 Å². The highest BCUT2D eigenvalue weighted by atomic mass is 127. The van der Waals surface area contributed by atoms with Crippen LogP contribution in [0.1, 0.15) is 22.5 Å². The molecule has 0 aliphatic carbocycles. The van der Waals surface area contributed by atoms with E-state index < -0.39 is 0 Å². The monoisotopic (exact) mass is 640 g/mol. The molecule has 3 aromatic rings. The van der Waals surface area contributed by atoms with Gasteiger partial charge in [0.25, 0.3) is 5.91 Å². The number of aryl methyl sites for hydroxylation is 2. The van der Waals surface area contributed by atoms with Crippen molar-refractivity contribution >= 4 is 62.4 Å². The fraction of sp³-hybridized carbons (Fsp3) is 0.217. The van der Waals surface area contributed by atoms with Crippen LogP contribution in [0.2, 0.25) is 0 Å². The zero-order valence-electron chi connectivity index (χ0n) is 18.3. The number of hydrazone groups is 1. The van der Waals surface area contributed by atoms with Crippen LogP contribution in [0.25, 0.3) is 0 Å². The van der Waals surface area contributed by atoms with Gasteiger partial charge in [0.2, 0.25) is 0 Å². The van der Waals surface area contributed by atoms with Crippen molar-refractivity contribution in [2.24, 2.45) is 5.10 Å². The molecular weight excluding hydrogens is 619 g/mol. The van der Waals surface area contributed by atoms with Gasteiger partial charge >= 0.3 is 0 Å². The largest absolute Gasteiger partial charge is 0.493 e. The maximum Gasteiger partial charge on any atom is 0.250 e. The third-order valence-electron chi connectivity index (χ3n) is 4.25. The van der Waals surface area contributed by atoms with Crippen LogP contribution in [0.3, 0.4) is 0 Å². The first-order valence-corrected chi connectivity index (χ1v) is 12.7. The average Bonchev–Trinajstić information content (AvgIpc) is 2.77. The minimum Gasteiger partial charge on any atom is -0.493 e. The van der Waals surface area contributed by atoms with E-state index in [0.717, 1.165) is 30.6 Å². The van der Waals surface area contributed by atoms with E-state index in [2.05, 4.69) is 59.0 Å². The molecule has 0 spiro atoms. The topological polar surface area (TPSA) is 85.7 Å². The van der Waals surface area contributed by atoms with Crippen LogP contribution in [0.4, 0.5) is 0 Å². The van der Waals surface area contributed by atoms with Gasteiger partial charge in [-0.15, -0.1) is 0 Å². The fourth-order valence-electron chi connectivity index (χ4n) is 2.79. The molecule has 2 aromatic carbocycles. The number of thioether (sulfide) groups is 1. The van der Waals surface area contributed by atoms with Crippen molar-refractivity contribution < 1.29 is 14.3 Å². The number of methoxy groups -OCH3 is 1. The summed E-state index contributed by atoms with van der Waals surface area (Å²) in [5, 5.41) is 4.63. The molecule has 0 unspecified atom stereocenters. The molecular formula is C23H22BrIN4O3S. The Bertz CT molecular complexity index is 1140. The van der Waals surface area contributed by atoms with Crippen LogP contribution in [-0.2, 0) is 11.4 Å². The Labute approximate surface area is 219 Å². The Hall–Kier alpha value is -2.18. The second-order valence-corrected chi connectivity index (χ2v) is 9.98. The molecule has 1 heterocycles. The molecule has 0 saturated heterocycles. The molecule has 1 aromatic heterocycles. The molecule has 0 saturated carbocycles. The zero-order valence-corrected chi connectivity index (χ0v) is 22.8. The van der Waals surface area contributed by atoms with Gasteiger partial charge in [-0.25, -0.2) is 15.4 Å². The summed E-state index contributed by atoms with van der Waals surface area (Å²) in [4.78, 5) is 20.7. The highest BCUT2D eigenvalue weighted by Crippen LogP contribution is 2.34. The van der Waals surface area contributed by atoms with Crippen molar-refractivity contribution in [2.45, 2.75) is 25.6 Å². The van der Waals surface area contributed by atoms with Crippen molar-refractivity contribution in [3.8, 4) is 11.5 Å². The van der Waals surface area contributed by atoms with Crippen molar-refractivity contribution in [1.82, 2.24) is 15.4 Å². The van der Waals surface area contributed by atoms with Gasteiger partial charge < -0.3 is 9.47 Å². The second-order valence-electron chi connectivity index (χ2n) is 6.96. The summed E-state index contributed by atoms with van der Waals surface area (Å²) in [6.45, 7) is 4.22. The molecule has 0 aliphatic heterocycles. The third kappa shape index (κ3) is 7.97. The number of carbonyl (C=O) groups is 1. The molecule has 0 bridgehead atoms. The Morgan fingerprint density at radius 2 is 1.88 bits per heavy atom. The number of halogens is 2. The van der Waals surface area contributed by atoms with Crippen molar-refractivity contribution in [3.63, 3.8) is 0 Å². The molecule has 7 nitrogen and oxygen atoms in total. The smallest absolute Gasteiger partial charge is 0.250 e. The summed E-state index contributed by atoms with van der Waals surface area (Å²) in [5.41, 5.74) is 6.10. The van der Waals surface area contributed by atoms with Crippen molar-refractivity contribution in [2.75, 3.05) is 12.9 Å². The number of nitrogens with one attached hydrogen (secondary N) is 1. The van der Waals surface area contributed by atoms with Crippen LogP contribution < -0.4 is 14.9 Å². The summed E-state index contributed by atoms with van der Waals surface area (Å²) in [5.74, 6) is 1.18. The first-order valence-electron chi connectivity index (χ1n) is 9.86. The molecule has 10 heteroatoms. The molecule has 0 atom stereocenters. The number of nitrogens with zero attached hydrogens (tertiary/aromatic N) is 3. The van der Waals surface area contributed by atoms with E-state index in [4.69, 9.17) is 9.47 Å². The number of aromatic nitrogens is 2. The van der Waals surface area contributed by atoms with E-state index in [-0.39, 0.29) is 11.7 Å². The first kappa shape index (κ1) is 25.4. The minimum atomic E-state index is -0.241. The fourth-order valence-corrected chi connectivity index (χ4v) is 4.58. The van der Waals surface area contributed by atoms with Gasteiger partial charge in [-0.2, -0.15) is 5.10 Å². The summed E-state index contributed by atoms with van der Waals surface area (Å²) < 4.78 is 13.4. The third-order valence-corrected chi connectivity index (χ3v) is 6.42. The second kappa shape index (κ2) is 12.3. The lowest BCUT2D eigenvalue weighted by molar-refractivity contribution is -0.118. The predicted molar refractivity (Wildman–Crippen MR) is 142 cm³/mol. The molecule has 0 radical (unpaired) electrons. The summed E-state index contributed by atoms with van der Waals surface area (Å²) in [6.07, 6.45) is 1.57. The van der Waals surface area contributed by atoms with Gasteiger partial charge in [0.05, 0.1) is 22.6 Å². The summed E-state index contributed by atoms with van der Waals surface area (Å²) in [6, 6.07) is 13.6. The quantitative estimate of drug-likeness (QED) is 0.112. The van der Waals surface area contributed by atoms with Crippen LogP contribution in [0, 0.1) is 17.4 Å². The molecule has 172 valence electrons. The Kier molecular flexibility index (Phi) is 9.51. The number of rotatable bonds is 9. The van der Waals surface area contributed by atoms with Crippen LogP contribution >= 0.6 is 50.3 Å². The highest BCUT2D eigenvalue weighted by molar-refractivity contribution is 14.1. The van der Waals surface area contributed by atoms with Gasteiger partial charge in [0.15, 0.2) is 16.7 Å². The lowest BCUT2D eigenvalue weighted by atomic mass is 10.2. The Morgan fingerprint density at radius 1 is 1.18 bits per heavy atom. The first-order chi connectivity index (χ1) is 15.8. The lowest BCUT2D eigenvalue weighted by Gasteiger charge is -2.13. The average molecular weight is 641 g/mol. The molecule has 0 fully saturated rings. The zero-order chi connectivity index (χ0) is 23.8. The number of hydrogen-bond acceptors (Lipinski definition) is 7. The number of ether oxygens (including phenoxy) is 2. The van der Waals surface area contributed by atoms with E-state index in [0.29, 0.717) is 23.3 Å². The Morgan fingerprint density at radius 3 is 2.55 bits per heavy atom. The summed E-state index contributed by atoms with van der Waals surface area (Å²) >= 11 is 6.89. The Balaban J connectivity index is 1.58. The number of amides is 1. The van der Waals surface area contributed by atoms with Gasteiger partial charge in [-0.1, -0.05) is 39.8 Å². The number of hydrogen-bond donors (Lipinski definition) is 1. The van der Waals surface area contributed by atoms with E-state index in [9.17, 15) is 4.79 Å². The lowest BCUT2D eigenvalue weighted by Crippen LogP contribution is -2.19. The summed E-state index contributed by atoms with van der Waals surface area (Å²) in [7, 11) is 1.59. The van der Waals surface area contributed by atoms with E-state index in [1.807, 2.05) is 56.3 Å². The number of carbonyl (C=O) groups excluding carboxylic acids is 1. The standard InChI is InChI=1S/C23H22BrIN4O3S/c1-14-8-15(2)28-23(27-14)33-13-21(30)29-26-11-17-9-19(25)22(20(10-17)31-3)32-12-16-4-6-18(24)7-5-16/h4-11H,12-13H2,1-3H3,(H,29,30)/b26-11-. The maximum atomic E-state index is 12.1. The normalized spacial score (nSPS) is 10.9. The van der Waals surface area contributed by atoms with Crippen molar-refractivity contribution in [1.29, 1.82) is 0 Å². The maximum absolute atomic E-state index is 12.1. The van der Waals surface area contributed by atoms with E-state index >= 15 is 0 Å². The molecule has 1 N–H and O–H groups in total. The van der Waals surface area contributed by atoms with Gasteiger partial charge in [-0.05, 0) is 77.9 Å². The number of benzene rings is 2. The minimum absolute atomic E-state index is 0.171. The molecule has 0 aliphatic rings. The van der Waals surface area contributed by atoms with Gasteiger partial charge in [-0.3, -0.25) is 4.79 Å².